The van der Waals surface area contributed by atoms with Gasteiger partial charge in [-0.05, 0) is 74.8 Å². The molecule has 0 amide bonds. The summed E-state index contributed by atoms with van der Waals surface area (Å²) in [6.07, 6.45) is 4.49. The van der Waals surface area contributed by atoms with E-state index in [0.29, 0.717) is 25.0 Å². The number of piperidine rings is 2. The monoisotopic (exact) mass is 332 g/mol. The predicted molar refractivity (Wildman–Crippen MR) is 96.6 cm³/mol. The van der Waals surface area contributed by atoms with Gasteiger partial charge < -0.3 is 10.2 Å². The lowest BCUT2D eigenvalue weighted by atomic mass is 9.97. The Balaban J connectivity index is 1.44. The van der Waals surface area contributed by atoms with Gasteiger partial charge >= 0.3 is 0 Å². The summed E-state index contributed by atoms with van der Waals surface area (Å²) in [5, 5.41) is 18.5. The van der Waals surface area contributed by atoms with Crippen LogP contribution in [0.5, 0.6) is 0 Å². The molecule has 2 aliphatic heterocycles. The molecule has 0 spiro atoms. The lowest BCUT2D eigenvalue weighted by Crippen LogP contribution is -2.34. The van der Waals surface area contributed by atoms with E-state index in [2.05, 4.69) is 34.1 Å². The summed E-state index contributed by atoms with van der Waals surface area (Å²) in [5.41, 5.74) is 2.78. The molecule has 0 unspecified atom stereocenters. The van der Waals surface area contributed by atoms with Crippen molar-refractivity contribution in [2.45, 2.75) is 38.8 Å². The second-order valence-electron chi connectivity index (χ2n) is 7.62. The maximum absolute atomic E-state index is 9.23. The van der Waals surface area contributed by atoms with Crippen molar-refractivity contribution >= 4 is 0 Å². The topological polar surface area (TPSA) is 46.9 Å². The van der Waals surface area contributed by atoms with Crippen molar-refractivity contribution < 1.29 is 10.2 Å². The minimum Gasteiger partial charge on any atom is -0.396 e. The van der Waals surface area contributed by atoms with Gasteiger partial charge in [0.2, 0.25) is 0 Å². The van der Waals surface area contributed by atoms with Crippen LogP contribution in [-0.2, 0) is 13.1 Å². The average Bonchev–Trinajstić information content (AvgIpc) is 2.65. The number of hydrogen-bond acceptors (Lipinski definition) is 4. The first-order chi connectivity index (χ1) is 11.8. The largest absolute Gasteiger partial charge is 0.396 e. The van der Waals surface area contributed by atoms with Crippen LogP contribution in [0, 0.1) is 11.8 Å². The van der Waals surface area contributed by atoms with Crippen LogP contribution in [0.2, 0.25) is 0 Å². The Kier molecular flexibility index (Phi) is 6.67. The molecule has 2 fully saturated rings. The van der Waals surface area contributed by atoms with E-state index >= 15 is 0 Å². The molecule has 24 heavy (non-hydrogen) atoms. The van der Waals surface area contributed by atoms with Crippen molar-refractivity contribution in [2.75, 3.05) is 39.4 Å². The molecule has 0 saturated carbocycles. The molecular formula is C20H32N2O2. The first-order valence-corrected chi connectivity index (χ1v) is 9.51. The van der Waals surface area contributed by atoms with Crippen molar-refractivity contribution in [3.05, 3.63) is 35.4 Å². The molecule has 4 nitrogen and oxygen atoms in total. The van der Waals surface area contributed by atoms with Crippen molar-refractivity contribution in [1.29, 1.82) is 0 Å². The molecular weight excluding hydrogens is 300 g/mol. The Morgan fingerprint density at radius 3 is 1.29 bits per heavy atom. The van der Waals surface area contributed by atoms with E-state index in [1.807, 2.05) is 0 Å². The van der Waals surface area contributed by atoms with E-state index in [0.717, 1.165) is 65.0 Å². The highest BCUT2D eigenvalue weighted by molar-refractivity contribution is 5.22. The molecule has 134 valence electrons. The van der Waals surface area contributed by atoms with Gasteiger partial charge in [0.15, 0.2) is 0 Å². The molecule has 0 atom stereocenters. The van der Waals surface area contributed by atoms with Gasteiger partial charge in [-0.2, -0.15) is 0 Å². The van der Waals surface area contributed by atoms with Gasteiger partial charge in [0.05, 0.1) is 0 Å². The van der Waals surface area contributed by atoms with E-state index in [9.17, 15) is 10.2 Å². The predicted octanol–water partition coefficient (Wildman–Crippen LogP) is 2.10. The number of aliphatic hydroxyl groups is 2. The maximum Gasteiger partial charge on any atom is 0.0460 e. The summed E-state index contributed by atoms with van der Waals surface area (Å²) in [4.78, 5) is 5.00. The Bertz CT molecular complexity index is 430. The maximum atomic E-state index is 9.23. The van der Waals surface area contributed by atoms with Gasteiger partial charge in [0.1, 0.15) is 0 Å². The van der Waals surface area contributed by atoms with E-state index in [1.165, 1.54) is 11.1 Å². The van der Waals surface area contributed by atoms with Gasteiger partial charge in [0.25, 0.3) is 0 Å². The zero-order chi connectivity index (χ0) is 16.8. The Morgan fingerprint density at radius 2 is 1.00 bits per heavy atom. The fraction of sp³-hybridized carbons (Fsp3) is 0.700. The molecule has 1 aromatic rings. The van der Waals surface area contributed by atoms with Crippen molar-refractivity contribution in [3.8, 4) is 0 Å². The fourth-order valence-electron chi connectivity index (χ4n) is 3.92. The zero-order valence-electron chi connectivity index (χ0n) is 14.7. The van der Waals surface area contributed by atoms with Gasteiger partial charge in [-0.1, -0.05) is 24.3 Å². The Hall–Kier alpha value is -0.940. The zero-order valence-corrected chi connectivity index (χ0v) is 14.7. The minimum absolute atomic E-state index is 0.345. The molecule has 2 saturated heterocycles. The normalized spacial score (nSPS) is 22.1. The van der Waals surface area contributed by atoms with Crippen LogP contribution in [0.3, 0.4) is 0 Å². The smallest absolute Gasteiger partial charge is 0.0460 e. The average molecular weight is 332 g/mol. The highest BCUT2D eigenvalue weighted by atomic mass is 16.3. The summed E-state index contributed by atoms with van der Waals surface area (Å²) in [5.74, 6) is 1.03. The molecule has 0 aromatic heterocycles. The van der Waals surface area contributed by atoms with Crippen LogP contribution in [0.15, 0.2) is 24.3 Å². The summed E-state index contributed by atoms with van der Waals surface area (Å²) in [7, 11) is 0. The molecule has 2 N–H and O–H groups in total. The van der Waals surface area contributed by atoms with E-state index in [-0.39, 0.29) is 0 Å². The molecule has 2 heterocycles. The van der Waals surface area contributed by atoms with Crippen molar-refractivity contribution in [1.82, 2.24) is 9.80 Å². The van der Waals surface area contributed by atoms with Crippen molar-refractivity contribution in [3.63, 3.8) is 0 Å². The quantitative estimate of drug-likeness (QED) is 0.837. The first kappa shape index (κ1) is 17.9. The lowest BCUT2D eigenvalue weighted by molar-refractivity contribution is 0.126. The molecule has 1 aromatic carbocycles. The number of hydrogen-bond donors (Lipinski definition) is 2. The van der Waals surface area contributed by atoms with E-state index < -0.39 is 0 Å². The summed E-state index contributed by atoms with van der Waals surface area (Å²) in [6.45, 7) is 7.16. The van der Waals surface area contributed by atoms with Gasteiger partial charge in [-0.15, -0.1) is 0 Å². The van der Waals surface area contributed by atoms with Gasteiger partial charge in [0, 0.05) is 26.3 Å². The summed E-state index contributed by atoms with van der Waals surface area (Å²) in [6, 6.07) is 9.09. The fourth-order valence-corrected chi connectivity index (χ4v) is 3.92. The van der Waals surface area contributed by atoms with E-state index in [1.54, 1.807) is 0 Å². The number of rotatable bonds is 6. The first-order valence-electron chi connectivity index (χ1n) is 9.51. The third-order valence-corrected chi connectivity index (χ3v) is 5.77. The number of nitrogens with zero attached hydrogens (tertiary/aromatic N) is 2. The minimum atomic E-state index is 0.345. The molecule has 0 aliphatic carbocycles. The standard InChI is InChI=1S/C20H32N2O2/c23-15-19-5-9-21(10-6-19)13-17-1-2-18(4-3-17)14-22-11-7-20(16-24)8-12-22/h1-4,19-20,23-24H,5-16H2. The van der Waals surface area contributed by atoms with Gasteiger partial charge in [-0.25, -0.2) is 0 Å². The third-order valence-electron chi connectivity index (χ3n) is 5.77. The summed E-state index contributed by atoms with van der Waals surface area (Å²) >= 11 is 0. The summed E-state index contributed by atoms with van der Waals surface area (Å²) < 4.78 is 0. The second-order valence-corrected chi connectivity index (χ2v) is 7.62. The van der Waals surface area contributed by atoms with Gasteiger partial charge in [-0.3, -0.25) is 9.80 Å². The lowest BCUT2D eigenvalue weighted by Gasteiger charge is -2.31. The van der Waals surface area contributed by atoms with Crippen LogP contribution in [-0.4, -0.2) is 59.4 Å². The van der Waals surface area contributed by atoms with Crippen LogP contribution >= 0.6 is 0 Å². The second kappa shape index (κ2) is 8.95. The molecule has 0 bridgehead atoms. The van der Waals surface area contributed by atoms with Crippen LogP contribution in [0.4, 0.5) is 0 Å². The number of benzene rings is 1. The van der Waals surface area contributed by atoms with Crippen molar-refractivity contribution in [2.24, 2.45) is 11.8 Å². The molecule has 2 aliphatic rings. The molecule has 3 rings (SSSR count). The third kappa shape index (κ3) is 5.03. The van der Waals surface area contributed by atoms with Crippen LogP contribution in [0.25, 0.3) is 0 Å². The molecule has 0 radical (unpaired) electrons. The highest BCUT2D eigenvalue weighted by Gasteiger charge is 2.19. The Morgan fingerprint density at radius 1 is 0.667 bits per heavy atom. The van der Waals surface area contributed by atoms with Crippen LogP contribution in [0.1, 0.15) is 36.8 Å². The number of aliphatic hydroxyl groups excluding tert-OH is 2. The SMILES string of the molecule is OCC1CCN(Cc2ccc(CN3CCC(CO)CC3)cc2)CC1. The highest BCUT2D eigenvalue weighted by Crippen LogP contribution is 2.20. The Labute approximate surface area is 146 Å². The number of likely N-dealkylation sites (tertiary alicyclic amines) is 2. The van der Waals surface area contributed by atoms with Crippen LogP contribution < -0.4 is 0 Å². The molecule has 4 heteroatoms. The van der Waals surface area contributed by atoms with E-state index in [4.69, 9.17) is 0 Å².